The molecule has 11 aromatic carbocycles. The zero-order valence-electron chi connectivity index (χ0n) is 36.7. The van der Waals surface area contributed by atoms with Crippen molar-refractivity contribution in [2.45, 2.75) is 0 Å². The van der Waals surface area contributed by atoms with E-state index in [1.54, 1.807) is 0 Å². The topological polar surface area (TPSA) is 0 Å². The monoisotopic (exact) mass is 840 g/mol. The van der Waals surface area contributed by atoms with E-state index >= 15 is 0 Å². The summed E-state index contributed by atoms with van der Waals surface area (Å²) in [6.07, 6.45) is 0. The van der Waals surface area contributed by atoms with Crippen molar-refractivity contribution in [1.29, 1.82) is 0 Å². The summed E-state index contributed by atoms with van der Waals surface area (Å²) < 4.78 is 0. The molecule has 66 heavy (non-hydrogen) atoms. The molecule has 0 heteroatoms. The molecule has 0 aromatic heterocycles. The number of hydrogen-bond acceptors (Lipinski definition) is 0. The minimum absolute atomic E-state index is 1.21. The molecule has 0 bridgehead atoms. The highest BCUT2D eigenvalue weighted by atomic mass is 14.3. The lowest BCUT2D eigenvalue weighted by Crippen LogP contribution is -1.98. The molecular formula is C66H48. The molecule has 11 rings (SSSR count). The third-order valence-corrected chi connectivity index (χ3v) is 12.2. The molecule has 0 unspecified atom stereocenters. The van der Waals surface area contributed by atoms with Crippen LogP contribution in [0.5, 0.6) is 0 Å². The molecule has 0 fully saturated rings. The molecule has 0 saturated heterocycles. The van der Waals surface area contributed by atoms with Gasteiger partial charge in [-0.3, -0.25) is 0 Å². The zero-order valence-corrected chi connectivity index (χ0v) is 36.7. The highest BCUT2D eigenvalue weighted by Gasteiger charge is 2.23. The van der Waals surface area contributed by atoms with Crippen molar-refractivity contribution in [3.05, 3.63) is 291 Å². The van der Waals surface area contributed by atoms with E-state index in [-0.39, 0.29) is 0 Å². The van der Waals surface area contributed by atoms with Gasteiger partial charge in [-0.2, -0.15) is 0 Å². The van der Waals surface area contributed by atoms with Crippen molar-refractivity contribution < 1.29 is 0 Å². The molecule has 0 N–H and O–H groups in total. The summed E-state index contributed by atoms with van der Waals surface area (Å²) in [7, 11) is 0. The lowest BCUT2D eigenvalue weighted by Gasteiger charge is -2.24. The van der Waals surface area contributed by atoms with Gasteiger partial charge in [-0.05, 0) is 118 Å². The van der Waals surface area contributed by atoms with Crippen LogP contribution in [0.2, 0.25) is 0 Å². The maximum absolute atomic E-state index is 2.39. The quantitative estimate of drug-likeness (QED) is 0.136. The normalized spacial score (nSPS) is 10.7. The fourth-order valence-corrected chi connectivity index (χ4v) is 9.10. The van der Waals surface area contributed by atoms with Crippen LogP contribution >= 0.6 is 0 Å². The summed E-state index contributed by atoms with van der Waals surface area (Å²) in [4.78, 5) is 0. The molecule has 0 aliphatic heterocycles. The Hall–Kier alpha value is -8.58. The van der Waals surface area contributed by atoms with E-state index in [9.17, 15) is 0 Å². The molecule has 0 aliphatic rings. The Morgan fingerprint density at radius 1 is 0.121 bits per heavy atom. The van der Waals surface area contributed by atoms with Gasteiger partial charge in [0.05, 0.1) is 0 Å². The average molecular weight is 841 g/mol. The second-order valence-corrected chi connectivity index (χ2v) is 16.3. The number of benzene rings is 11. The molecule has 0 amide bonds. The van der Waals surface area contributed by atoms with Gasteiger partial charge in [-0.15, -0.1) is 0 Å². The van der Waals surface area contributed by atoms with Gasteiger partial charge in [0.1, 0.15) is 0 Å². The summed E-state index contributed by atoms with van der Waals surface area (Å²) in [6.45, 7) is 0. The largest absolute Gasteiger partial charge is 0.0622 e. The van der Waals surface area contributed by atoms with Gasteiger partial charge in [0.15, 0.2) is 0 Å². The lowest BCUT2D eigenvalue weighted by molar-refractivity contribution is 1.53. The number of rotatable bonds is 9. The third-order valence-electron chi connectivity index (χ3n) is 12.2. The highest BCUT2D eigenvalue weighted by Crippen LogP contribution is 2.50. The van der Waals surface area contributed by atoms with Gasteiger partial charge < -0.3 is 0 Å². The first-order chi connectivity index (χ1) is 32.8. The van der Waals surface area contributed by atoms with Gasteiger partial charge in [0, 0.05) is 0 Å². The molecule has 0 spiro atoms. The molecule has 11 aromatic rings. The highest BCUT2D eigenvalue weighted by molar-refractivity contribution is 6.07. The van der Waals surface area contributed by atoms with Crippen LogP contribution in [0.15, 0.2) is 291 Å². The first-order valence-corrected chi connectivity index (χ1v) is 22.7. The SMILES string of the molecule is c1ccc(-c2cc(-c3ccccc3)c(-c3ccccc3)c(-c3ccccc3)c2-c2ccccc2)cc1.c1ccc(-c2cc(-c3ccccc3)c(-c3ccccc3)cc2-c2ccccc2)cc1. The van der Waals surface area contributed by atoms with Crippen molar-refractivity contribution in [2.24, 2.45) is 0 Å². The van der Waals surface area contributed by atoms with E-state index in [4.69, 9.17) is 0 Å². The minimum atomic E-state index is 1.21. The van der Waals surface area contributed by atoms with Crippen LogP contribution in [0, 0.1) is 0 Å². The summed E-state index contributed by atoms with van der Waals surface area (Å²) in [6, 6.07) is 104. The van der Waals surface area contributed by atoms with E-state index in [1.807, 2.05) is 0 Å². The van der Waals surface area contributed by atoms with Gasteiger partial charge in [0.2, 0.25) is 0 Å². The van der Waals surface area contributed by atoms with Crippen LogP contribution in [0.1, 0.15) is 0 Å². The molecule has 0 aliphatic carbocycles. The first kappa shape index (κ1) is 41.4. The van der Waals surface area contributed by atoms with Gasteiger partial charge >= 0.3 is 0 Å². The van der Waals surface area contributed by atoms with E-state index in [0.717, 1.165) is 0 Å². The van der Waals surface area contributed by atoms with Crippen molar-refractivity contribution in [2.75, 3.05) is 0 Å². The Labute approximate surface area is 389 Å². The summed E-state index contributed by atoms with van der Waals surface area (Å²) in [5.74, 6) is 0. The van der Waals surface area contributed by atoms with Crippen LogP contribution < -0.4 is 0 Å². The lowest BCUT2D eigenvalue weighted by atomic mass is 9.79. The van der Waals surface area contributed by atoms with Crippen molar-refractivity contribution in [1.82, 2.24) is 0 Å². The van der Waals surface area contributed by atoms with Crippen LogP contribution in [0.4, 0.5) is 0 Å². The predicted octanol–water partition coefficient (Wildman–Crippen LogP) is 18.4. The van der Waals surface area contributed by atoms with E-state index in [2.05, 4.69) is 291 Å². The Morgan fingerprint density at radius 2 is 0.273 bits per heavy atom. The Morgan fingerprint density at radius 3 is 0.485 bits per heavy atom. The van der Waals surface area contributed by atoms with Gasteiger partial charge in [-0.1, -0.05) is 273 Å². The molecule has 0 saturated carbocycles. The van der Waals surface area contributed by atoms with E-state index < -0.39 is 0 Å². The molecule has 0 nitrogen and oxygen atoms in total. The standard InChI is InChI=1S/C36H26.C30H22/c1-6-16-27(17-7-1)32-26-33(28-18-8-2-9-19-28)35(30-22-12-4-13-23-30)36(31-24-14-5-15-25-31)34(32)29-20-10-3-11-21-29;1-5-13-23(14-6-1)27-21-29(25-17-9-3-10-18-25)30(26-19-11-4-12-20-26)22-28(27)24-15-7-2-8-16-24/h1-26H;1-22H. The maximum atomic E-state index is 2.39. The molecule has 0 atom stereocenters. The Bertz CT molecular complexity index is 2960. The Kier molecular flexibility index (Phi) is 12.5. The molecule has 312 valence electrons. The van der Waals surface area contributed by atoms with E-state index in [1.165, 1.54) is 100 Å². The third kappa shape index (κ3) is 8.95. The predicted molar refractivity (Wildman–Crippen MR) is 282 cm³/mol. The van der Waals surface area contributed by atoms with E-state index in [0.29, 0.717) is 0 Å². The molecule has 0 radical (unpaired) electrons. The average Bonchev–Trinajstić information content (AvgIpc) is 3.42. The summed E-state index contributed by atoms with van der Waals surface area (Å²) in [5, 5.41) is 0. The molecule has 0 heterocycles. The second-order valence-electron chi connectivity index (χ2n) is 16.3. The summed E-state index contributed by atoms with van der Waals surface area (Å²) >= 11 is 0. The smallest absolute Gasteiger partial charge is 0.00143 e. The fourth-order valence-electron chi connectivity index (χ4n) is 9.10. The minimum Gasteiger partial charge on any atom is -0.0622 e. The zero-order chi connectivity index (χ0) is 44.3. The van der Waals surface area contributed by atoms with Crippen molar-refractivity contribution in [3.8, 4) is 100 Å². The van der Waals surface area contributed by atoms with Gasteiger partial charge in [-0.25, -0.2) is 0 Å². The maximum Gasteiger partial charge on any atom is -0.00143 e. The number of hydrogen-bond donors (Lipinski definition) is 0. The second kappa shape index (κ2) is 19.9. The van der Waals surface area contributed by atoms with Crippen molar-refractivity contribution in [3.63, 3.8) is 0 Å². The Balaban J connectivity index is 0.000000158. The molecular weight excluding hydrogens is 793 g/mol. The van der Waals surface area contributed by atoms with Crippen LogP contribution in [0.25, 0.3) is 100 Å². The van der Waals surface area contributed by atoms with Crippen LogP contribution in [-0.4, -0.2) is 0 Å². The van der Waals surface area contributed by atoms with Crippen LogP contribution in [-0.2, 0) is 0 Å². The van der Waals surface area contributed by atoms with Crippen molar-refractivity contribution >= 4 is 0 Å². The van der Waals surface area contributed by atoms with Gasteiger partial charge in [0.25, 0.3) is 0 Å². The fraction of sp³-hybridized carbons (Fsp3) is 0. The first-order valence-electron chi connectivity index (χ1n) is 22.7. The van der Waals surface area contributed by atoms with Crippen LogP contribution in [0.3, 0.4) is 0 Å². The summed E-state index contributed by atoms with van der Waals surface area (Å²) in [5.41, 5.74) is 22.2.